The van der Waals surface area contributed by atoms with Crippen LogP contribution in [0.2, 0.25) is 0 Å². The molecule has 18 heavy (non-hydrogen) atoms. The number of para-hydroxylation sites is 2. The highest BCUT2D eigenvalue weighted by molar-refractivity contribution is 5.39. The van der Waals surface area contributed by atoms with E-state index >= 15 is 0 Å². The molecule has 1 fully saturated rings. The zero-order chi connectivity index (χ0) is 12.8. The van der Waals surface area contributed by atoms with Crippen LogP contribution in [0.15, 0.2) is 24.3 Å². The normalized spacial score (nSPS) is 23.7. The molecule has 1 heterocycles. The number of nitrogens with one attached hydrogen (secondary N) is 1. The van der Waals surface area contributed by atoms with Crippen molar-refractivity contribution in [3.8, 4) is 11.5 Å². The summed E-state index contributed by atoms with van der Waals surface area (Å²) in [6.07, 6.45) is 1.48. The van der Waals surface area contributed by atoms with Gasteiger partial charge in [-0.2, -0.15) is 0 Å². The molecule has 100 valence electrons. The second-order valence-electron chi connectivity index (χ2n) is 4.61. The minimum Gasteiger partial charge on any atom is -0.493 e. The van der Waals surface area contributed by atoms with Crippen LogP contribution in [0.5, 0.6) is 11.5 Å². The van der Waals surface area contributed by atoms with Crippen molar-refractivity contribution in [1.29, 1.82) is 0 Å². The predicted octanol–water partition coefficient (Wildman–Crippen LogP) is 1.43. The Bertz CT molecular complexity index is 370. The maximum absolute atomic E-state index is 9.85. The summed E-state index contributed by atoms with van der Waals surface area (Å²) in [5.74, 6) is 1.80. The zero-order valence-corrected chi connectivity index (χ0v) is 10.8. The van der Waals surface area contributed by atoms with Crippen LogP contribution in [-0.2, 0) is 0 Å². The van der Waals surface area contributed by atoms with E-state index in [2.05, 4.69) is 5.32 Å². The molecule has 2 unspecified atom stereocenters. The fourth-order valence-electron chi connectivity index (χ4n) is 2.26. The fourth-order valence-corrected chi connectivity index (χ4v) is 2.26. The van der Waals surface area contributed by atoms with E-state index in [1.54, 1.807) is 7.11 Å². The van der Waals surface area contributed by atoms with Crippen molar-refractivity contribution in [1.82, 2.24) is 5.32 Å². The lowest BCUT2D eigenvalue weighted by Gasteiger charge is -2.28. The Morgan fingerprint density at radius 2 is 2.11 bits per heavy atom. The minimum atomic E-state index is -0.201. The molecule has 2 N–H and O–H groups in total. The summed E-state index contributed by atoms with van der Waals surface area (Å²) in [6, 6.07) is 7.62. The van der Waals surface area contributed by atoms with E-state index in [1.807, 2.05) is 24.3 Å². The van der Waals surface area contributed by atoms with Crippen LogP contribution in [-0.4, -0.2) is 38.0 Å². The number of hydrogen-bond acceptors (Lipinski definition) is 4. The van der Waals surface area contributed by atoms with E-state index in [0.717, 1.165) is 37.4 Å². The Kier molecular flexibility index (Phi) is 4.84. The summed E-state index contributed by atoms with van der Waals surface area (Å²) in [6.45, 7) is 2.38. The fraction of sp³-hybridized carbons (Fsp3) is 0.571. The van der Waals surface area contributed by atoms with Crippen LogP contribution in [0.25, 0.3) is 0 Å². The zero-order valence-electron chi connectivity index (χ0n) is 10.8. The highest BCUT2D eigenvalue weighted by Gasteiger charge is 2.22. The Morgan fingerprint density at radius 3 is 2.83 bits per heavy atom. The Morgan fingerprint density at radius 1 is 1.33 bits per heavy atom. The highest BCUT2D eigenvalue weighted by atomic mass is 16.5. The summed E-state index contributed by atoms with van der Waals surface area (Å²) in [5.41, 5.74) is 0. The molecule has 0 aromatic heterocycles. The Hall–Kier alpha value is -1.26. The number of aliphatic hydroxyl groups is 1. The van der Waals surface area contributed by atoms with E-state index < -0.39 is 0 Å². The van der Waals surface area contributed by atoms with Crippen molar-refractivity contribution in [2.24, 2.45) is 5.92 Å². The van der Waals surface area contributed by atoms with Gasteiger partial charge >= 0.3 is 0 Å². The largest absolute Gasteiger partial charge is 0.493 e. The summed E-state index contributed by atoms with van der Waals surface area (Å²) in [7, 11) is 1.64. The average molecular weight is 251 g/mol. The summed E-state index contributed by atoms with van der Waals surface area (Å²) >= 11 is 0. The molecule has 0 amide bonds. The van der Waals surface area contributed by atoms with Gasteiger partial charge < -0.3 is 19.9 Å². The Balaban J connectivity index is 1.80. The Labute approximate surface area is 108 Å². The molecule has 0 aliphatic carbocycles. The van der Waals surface area contributed by atoms with E-state index in [0.29, 0.717) is 6.61 Å². The number of hydrogen-bond donors (Lipinski definition) is 2. The van der Waals surface area contributed by atoms with Gasteiger partial charge in [0, 0.05) is 12.5 Å². The number of aliphatic hydroxyl groups excluding tert-OH is 1. The summed E-state index contributed by atoms with van der Waals surface area (Å²) in [4.78, 5) is 0. The molecule has 1 aromatic carbocycles. The van der Waals surface area contributed by atoms with Gasteiger partial charge in [-0.05, 0) is 31.5 Å². The standard InChI is InChI=1S/C14H21NO3/c1-17-13-4-2-3-5-14(13)18-9-7-11-10-15-8-6-12(11)16/h2-5,11-12,15-16H,6-10H2,1H3. The van der Waals surface area contributed by atoms with E-state index in [9.17, 15) is 5.11 Å². The second-order valence-corrected chi connectivity index (χ2v) is 4.61. The van der Waals surface area contributed by atoms with Crippen molar-refractivity contribution in [2.75, 3.05) is 26.8 Å². The molecule has 2 atom stereocenters. The van der Waals surface area contributed by atoms with Crippen LogP contribution in [0.4, 0.5) is 0 Å². The molecule has 2 rings (SSSR count). The molecule has 1 saturated heterocycles. The van der Waals surface area contributed by atoms with Gasteiger partial charge in [0.15, 0.2) is 11.5 Å². The first-order valence-electron chi connectivity index (χ1n) is 6.46. The van der Waals surface area contributed by atoms with Crippen LogP contribution in [0, 0.1) is 5.92 Å². The van der Waals surface area contributed by atoms with Gasteiger partial charge in [-0.15, -0.1) is 0 Å². The highest BCUT2D eigenvalue weighted by Crippen LogP contribution is 2.26. The lowest BCUT2D eigenvalue weighted by Crippen LogP contribution is -2.40. The van der Waals surface area contributed by atoms with E-state index in [-0.39, 0.29) is 12.0 Å². The first-order valence-corrected chi connectivity index (χ1v) is 6.46. The van der Waals surface area contributed by atoms with Gasteiger partial charge in [0.1, 0.15) is 0 Å². The molecule has 0 spiro atoms. The lowest BCUT2D eigenvalue weighted by atomic mass is 9.93. The van der Waals surface area contributed by atoms with Gasteiger partial charge in [0.2, 0.25) is 0 Å². The van der Waals surface area contributed by atoms with Crippen LogP contribution < -0.4 is 14.8 Å². The van der Waals surface area contributed by atoms with Crippen LogP contribution in [0.1, 0.15) is 12.8 Å². The third-order valence-corrected chi connectivity index (χ3v) is 3.38. The van der Waals surface area contributed by atoms with E-state index in [1.165, 1.54) is 0 Å². The predicted molar refractivity (Wildman–Crippen MR) is 70.1 cm³/mol. The van der Waals surface area contributed by atoms with Gasteiger partial charge in [-0.1, -0.05) is 12.1 Å². The van der Waals surface area contributed by atoms with Crippen molar-refractivity contribution in [3.05, 3.63) is 24.3 Å². The number of methoxy groups -OCH3 is 1. The first-order chi connectivity index (χ1) is 8.81. The molecule has 4 nitrogen and oxygen atoms in total. The summed E-state index contributed by atoms with van der Waals surface area (Å²) < 4.78 is 10.9. The number of benzene rings is 1. The molecule has 4 heteroatoms. The van der Waals surface area contributed by atoms with Gasteiger partial charge in [0.25, 0.3) is 0 Å². The molecule has 0 bridgehead atoms. The smallest absolute Gasteiger partial charge is 0.161 e. The van der Waals surface area contributed by atoms with Crippen molar-refractivity contribution < 1.29 is 14.6 Å². The van der Waals surface area contributed by atoms with Gasteiger partial charge in [-0.3, -0.25) is 0 Å². The third kappa shape index (κ3) is 3.37. The van der Waals surface area contributed by atoms with Gasteiger partial charge in [-0.25, -0.2) is 0 Å². The molecular formula is C14H21NO3. The van der Waals surface area contributed by atoms with Crippen molar-refractivity contribution >= 4 is 0 Å². The number of rotatable bonds is 5. The van der Waals surface area contributed by atoms with Crippen LogP contribution in [0.3, 0.4) is 0 Å². The maximum atomic E-state index is 9.85. The molecule has 0 radical (unpaired) electrons. The third-order valence-electron chi connectivity index (χ3n) is 3.38. The minimum absolute atomic E-state index is 0.201. The van der Waals surface area contributed by atoms with E-state index in [4.69, 9.17) is 9.47 Å². The molecule has 0 saturated carbocycles. The number of ether oxygens (including phenoxy) is 2. The molecule has 1 aromatic rings. The SMILES string of the molecule is COc1ccccc1OCCC1CNCCC1O. The lowest BCUT2D eigenvalue weighted by molar-refractivity contribution is 0.0660. The van der Waals surface area contributed by atoms with Crippen molar-refractivity contribution in [3.63, 3.8) is 0 Å². The van der Waals surface area contributed by atoms with Crippen LogP contribution >= 0.6 is 0 Å². The monoisotopic (exact) mass is 251 g/mol. The molecular weight excluding hydrogens is 230 g/mol. The van der Waals surface area contributed by atoms with Gasteiger partial charge in [0.05, 0.1) is 19.8 Å². The average Bonchev–Trinajstić information content (AvgIpc) is 2.41. The molecule has 1 aliphatic heterocycles. The topological polar surface area (TPSA) is 50.7 Å². The number of piperidine rings is 1. The summed E-state index contributed by atoms with van der Waals surface area (Å²) in [5, 5.41) is 13.1. The van der Waals surface area contributed by atoms with Crippen molar-refractivity contribution in [2.45, 2.75) is 18.9 Å². The first kappa shape index (κ1) is 13.2. The quantitative estimate of drug-likeness (QED) is 0.831. The second kappa shape index (κ2) is 6.61. The molecule has 1 aliphatic rings. The maximum Gasteiger partial charge on any atom is 0.161 e.